The summed E-state index contributed by atoms with van der Waals surface area (Å²) in [6.07, 6.45) is 0. The molecule has 0 aliphatic carbocycles. The van der Waals surface area contributed by atoms with Gasteiger partial charge in [-0.3, -0.25) is 4.68 Å². The maximum absolute atomic E-state index is 5.49. The SMILES string of the molecule is COc1ccccc1[C@H](C)NCc1c(C)nn(Cc2ccc(C)cc2)c1C. The van der Waals surface area contributed by atoms with Gasteiger partial charge < -0.3 is 10.1 Å². The molecule has 1 aromatic heterocycles. The normalized spacial score (nSPS) is 12.2. The van der Waals surface area contributed by atoms with Crippen LogP contribution in [0.15, 0.2) is 48.5 Å². The Bertz CT molecular complexity index is 896. The molecule has 3 rings (SSSR count). The van der Waals surface area contributed by atoms with Gasteiger partial charge in [-0.05, 0) is 39.3 Å². The molecular weight excluding hydrogens is 334 g/mol. The lowest BCUT2D eigenvalue weighted by atomic mass is 10.1. The van der Waals surface area contributed by atoms with Crippen molar-refractivity contribution in [2.75, 3.05) is 7.11 Å². The molecule has 0 aliphatic rings. The van der Waals surface area contributed by atoms with Gasteiger partial charge in [0.2, 0.25) is 0 Å². The Labute approximate surface area is 162 Å². The third-order valence-electron chi connectivity index (χ3n) is 5.17. The van der Waals surface area contributed by atoms with E-state index >= 15 is 0 Å². The third-order valence-corrected chi connectivity index (χ3v) is 5.17. The molecule has 4 nitrogen and oxygen atoms in total. The van der Waals surface area contributed by atoms with Crippen molar-refractivity contribution >= 4 is 0 Å². The fourth-order valence-corrected chi connectivity index (χ4v) is 3.40. The van der Waals surface area contributed by atoms with Gasteiger partial charge in [-0.25, -0.2) is 0 Å². The highest BCUT2D eigenvalue weighted by atomic mass is 16.5. The van der Waals surface area contributed by atoms with Crippen molar-refractivity contribution in [2.24, 2.45) is 0 Å². The first-order valence-electron chi connectivity index (χ1n) is 9.44. The number of aryl methyl sites for hydroxylation is 2. The lowest BCUT2D eigenvalue weighted by Crippen LogP contribution is -2.19. The van der Waals surface area contributed by atoms with E-state index in [1.807, 2.05) is 18.2 Å². The molecule has 0 saturated heterocycles. The highest BCUT2D eigenvalue weighted by Gasteiger charge is 2.15. The van der Waals surface area contributed by atoms with Crippen LogP contribution >= 0.6 is 0 Å². The summed E-state index contributed by atoms with van der Waals surface area (Å²) >= 11 is 0. The van der Waals surface area contributed by atoms with E-state index in [1.54, 1.807) is 7.11 Å². The van der Waals surface area contributed by atoms with E-state index in [1.165, 1.54) is 27.9 Å². The number of hydrogen-bond donors (Lipinski definition) is 1. The molecule has 4 heteroatoms. The Morgan fingerprint density at radius 2 is 1.74 bits per heavy atom. The van der Waals surface area contributed by atoms with Crippen LogP contribution in [0.25, 0.3) is 0 Å². The minimum absolute atomic E-state index is 0.195. The number of hydrogen-bond acceptors (Lipinski definition) is 3. The first kappa shape index (κ1) is 19.2. The Morgan fingerprint density at radius 1 is 1.04 bits per heavy atom. The van der Waals surface area contributed by atoms with Gasteiger partial charge >= 0.3 is 0 Å². The molecule has 0 bridgehead atoms. The van der Waals surface area contributed by atoms with Gasteiger partial charge in [0.25, 0.3) is 0 Å². The summed E-state index contributed by atoms with van der Waals surface area (Å²) in [5.41, 5.74) is 7.29. The number of nitrogens with zero attached hydrogens (tertiary/aromatic N) is 2. The van der Waals surface area contributed by atoms with Crippen LogP contribution in [0.4, 0.5) is 0 Å². The summed E-state index contributed by atoms with van der Waals surface area (Å²) in [4.78, 5) is 0. The zero-order valence-electron chi connectivity index (χ0n) is 16.9. The van der Waals surface area contributed by atoms with Crippen molar-refractivity contribution in [1.82, 2.24) is 15.1 Å². The van der Waals surface area contributed by atoms with Crippen LogP contribution in [0.3, 0.4) is 0 Å². The molecule has 1 N–H and O–H groups in total. The van der Waals surface area contributed by atoms with Gasteiger partial charge in [-0.2, -0.15) is 5.10 Å². The largest absolute Gasteiger partial charge is 0.496 e. The van der Waals surface area contributed by atoms with Gasteiger partial charge in [0, 0.05) is 29.4 Å². The maximum Gasteiger partial charge on any atom is 0.123 e. The molecule has 0 spiro atoms. The second kappa shape index (κ2) is 8.40. The molecule has 142 valence electrons. The molecule has 0 saturated carbocycles. The van der Waals surface area contributed by atoms with Gasteiger partial charge in [-0.15, -0.1) is 0 Å². The fourth-order valence-electron chi connectivity index (χ4n) is 3.40. The Kier molecular flexibility index (Phi) is 5.97. The van der Waals surface area contributed by atoms with Crippen LogP contribution in [0.2, 0.25) is 0 Å². The van der Waals surface area contributed by atoms with Crippen molar-refractivity contribution in [1.29, 1.82) is 0 Å². The Morgan fingerprint density at radius 3 is 2.44 bits per heavy atom. The molecule has 0 radical (unpaired) electrons. The third kappa shape index (κ3) is 4.40. The smallest absolute Gasteiger partial charge is 0.123 e. The van der Waals surface area contributed by atoms with E-state index in [0.29, 0.717) is 0 Å². The number of methoxy groups -OCH3 is 1. The monoisotopic (exact) mass is 363 g/mol. The van der Waals surface area contributed by atoms with Crippen molar-refractivity contribution < 1.29 is 4.74 Å². The molecule has 2 aromatic carbocycles. The Hall–Kier alpha value is -2.59. The second-order valence-corrected chi connectivity index (χ2v) is 7.14. The molecule has 0 fully saturated rings. The lowest BCUT2D eigenvalue weighted by molar-refractivity contribution is 0.401. The average Bonchev–Trinajstić information content (AvgIpc) is 2.94. The zero-order chi connectivity index (χ0) is 19.4. The molecule has 27 heavy (non-hydrogen) atoms. The van der Waals surface area contributed by atoms with Crippen molar-refractivity contribution in [3.8, 4) is 5.75 Å². The number of rotatable bonds is 7. The molecule has 1 heterocycles. The van der Waals surface area contributed by atoms with E-state index in [2.05, 4.69) is 68.0 Å². The van der Waals surface area contributed by atoms with Crippen LogP contribution in [0.1, 0.15) is 46.6 Å². The van der Waals surface area contributed by atoms with E-state index in [0.717, 1.165) is 24.5 Å². The molecular formula is C23H29N3O. The van der Waals surface area contributed by atoms with E-state index in [4.69, 9.17) is 9.84 Å². The predicted octanol–water partition coefficient (Wildman–Crippen LogP) is 4.72. The van der Waals surface area contributed by atoms with E-state index in [-0.39, 0.29) is 6.04 Å². The molecule has 0 aliphatic heterocycles. The lowest BCUT2D eigenvalue weighted by Gasteiger charge is -2.17. The summed E-state index contributed by atoms with van der Waals surface area (Å²) in [6.45, 7) is 10.1. The van der Waals surface area contributed by atoms with Crippen LogP contribution in [0, 0.1) is 20.8 Å². The number of nitrogens with one attached hydrogen (secondary N) is 1. The number of ether oxygens (including phenoxy) is 1. The predicted molar refractivity (Wildman–Crippen MR) is 110 cm³/mol. The minimum Gasteiger partial charge on any atom is -0.496 e. The zero-order valence-corrected chi connectivity index (χ0v) is 16.9. The summed E-state index contributed by atoms with van der Waals surface area (Å²) in [5, 5.41) is 8.39. The fraction of sp³-hybridized carbons (Fsp3) is 0.348. The minimum atomic E-state index is 0.195. The first-order chi connectivity index (χ1) is 13.0. The van der Waals surface area contributed by atoms with Crippen LogP contribution in [-0.2, 0) is 13.1 Å². The summed E-state index contributed by atoms with van der Waals surface area (Å²) < 4.78 is 7.59. The van der Waals surface area contributed by atoms with Crippen molar-refractivity contribution in [2.45, 2.75) is 46.8 Å². The highest BCUT2D eigenvalue weighted by Crippen LogP contribution is 2.25. The quantitative estimate of drug-likeness (QED) is 0.660. The summed E-state index contributed by atoms with van der Waals surface area (Å²) in [5.74, 6) is 0.918. The van der Waals surface area contributed by atoms with Crippen molar-refractivity contribution in [3.05, 3.63) is 82.2 Å². The second-order valence-electron chi connectivity index (χ2n) is 7.14. The summed E-state index contributed by atoms with van der Waals surface area (Å²) in [7, 11) is 1.72. The number of para-hydroxylation sites is 1. The van der Waals surface area contributed by atoms with E-state index < -0.39 is 0 Å². The molecule has 0 unspecified atom stereocenters. The number of aromatic nitrogens is 2. The topological polar surface area (TPSA) is 39.1 Å². The van der Waals surface area contributed by atoms with Crippen LogP contribution in [-0.4, -0.2) is 16.9 Å². The highest BCUT2D eigenvalue weighted by molar-refractivity contribution is 5.36. The van der Waals surface area contributed by atoms with Crippen LogP contribution in [0.5, 0.6) is 5.75 Å². The number of benzene rings is 2. The average molecular weight is 364 g/mol. The Balaban J connectivity index is 1.72. The standard InChI is InChI=1S/C23H29N3O/c1-16-10-12-20(13-11-16)15-26-19(4)22(18(3)25-26)14-24-17(2)21-8-6-7-9-23(21)27-5/h6-13,17,24H,14-15H2,1-5H3/t17-/m0/s1. The van der Waals surface area contributed by atoms with Gasteiger partial charge in [0.15, 0.2) is 0 Å². The molecule has 0 amide bonds. The maximum atomic E-state index is 5.49. The molecule has 1 atom stereocenters. The van der Waals surface area contributed by atoms with Gasteiger partial charge in [-0.1, -0.05) is 48.0 Å². The van der Waals surface area contributed by atoms with E-state index in [9.17, 15) is 0 Å². The first-order valence-corrected chi connectivity index (χ1v) is 9.44. The van der Waals surface area contributed by atoms with Crippen molar-refractivity contribution in [3.63, 3.8) is 0 Å². The summed E-state index contributed by atoms with van der Waals surface area (Å²) in [6, 6.07) is 17.0. The van der Waals surface area contributed by atoms with Crippen LogP contribution < -0.4 is 10.1 Å². The van der Waals surface area contributed by atoms with Gasteiger partial charge in [0.05, 0.1) is 19.3 Å². The molecule has 3 aromatic rings. The van der Waals surface area contributed by atoms with Gasteiger partial charge in [0.1, 0.15) is 5.75 Å².